The number of nitrogens with one attached hydrogen (secondary N) is 1. The SMILES string of the molecule is CC(NCC1(CO)CC1)c1ccccc1F. The van der Waals surface area contributed by atoms with E-state index in [-0.39, 0.29) is 23.9 Å². The zero-order chi connectivity index (χ0) is 11.6. The zero-order valence-electron chi connectivity index (χ0n) is 9.54. The van der Waals surface area contributed by atoms with Gasteiger partial charge in [-0.2, -0.15) is 0 Å². The topological polar surface area (TPSA) is 32.3 Å². The van der Waals surface area contributed by atoms with Crippen LogP contribution in [0.1, 0.15) is 31.4 Å². The van der Waals surface area contributed by atoms with Crippen LogP contribution >= 0.6 is 0 Å². The minimum Gasteiger partial charge on any atom is -0.396 e. The highest BCUT2D eigenvalue weighted by Crippen LogP contribution is 2.44. The predicted octanol–water partition coefficient (Wildman–Crippen LogP) is 2.25. The summed E-state index contributed by atoms with van der Waals surface area (Å²) in [6.07, 6.45) is 2.14. The molecule has 1 aliphatic carbocycles. The van der Waals surface area contributed by atoms with Gasteiger partial charge in [-0.1, -0.05) is 18.2 Å². The first-order valence-corrected chi connectivity index (χ1v) is 5.76. The molecule has 1 aliphatic rings. The van der Waals surface area contributed by atoms with Crippen molar-refractivity contribution in [1.29, 1.82) is 0 Å². The van der Waals surface area contributed by atoms with Crippen LogP contribution in [0.3, 0.4) is 0 Å². The quantitative estimate of drug-likeness (QED) is 0.802. The Kier molecular flexibility index (Phi) is 3.26. The second kappa shape index (κ2) is 4.52. The molecule has 2 rings (SSSR count). The van der Waals surface area contributed by atoms with Gasteiger partial charge in [0, 0.05) is 30.2 Å². The smallest absolute Gasteiger partial charge is 0.127 e. The van der Waals surface area contributed by atoms with Gasteiger partial charge in [-0.3, -0.25) is 0 Å². The first-order chi connectivity index (χ1) is 7.67. The van der Waals surface area contributed by atoms with Crippen LogP contribution in [0.15, 0.2) is 24.3 Å². The van der Waals surface area contributed by atoms with E-state index in [1.807, 2.05) is 13.0 Å². The fraction of sp³-hybridized carbons (Fsp3) is 0.538. The molecule has 2 N–H and O–H groups in total. The van der Waals surface area contributed by atoms with Crippen LogP contribution in [0.5, 0.6) is 0 Å². The number of hydrogen-bond donors (Lipinski definition) is 2. The van der Waals surface area contributed by atoms with E-state index in [9.17, 15) is 9.50 Å². The van der Waals surface area contributed by atoms with Crippen molar-refractivity contribution in [2.45, 2.75) is 25.8 Å². The number of rotatable bonds is 5. The summed E-state index contributed by atoms with van der Waals surface area (Å²) in [5, 5.41) is 12.5. The third kappa shape index (κ3) is 2.42. The molecule has 16 heavy (non-hydrogen) atoms. The summed E-state index contributed by atoms with van der Waals surface area (Å²) in [5.74, 6) is -0.170. The maximum atomic E-state index is 13.5. The lowest BCUT2D eigenvalue weighted by Gasteiger charge is -2.19. The number of aliphatic hydroxyl groups is 1. The maximum Gasteiger partial charge on any atom is 0.127 e. The van der Waals surface area contributed by atoms with Crippen molar-refractivity contribution in [2.75, 3.05) is 13.2 Å². The third-order valence-electron chi connectivity index (χ3n) is 3.45. The molecule has 2 nitrogen and oxygen atoms in total. The molecule has 0 bridgehead atoms. The van der Waals surface area contributed by atoms with E-state index < -0.39 is 0 Å². The Bertz CT molecular complexity index is 363. The van der Waals surface area contributed by atoms with Crippen molar-refractivity contribution in [1.82, 2.24) is 5.32 Å². The van der Waals surface area contributed by atoms with E-state index in [1.54, 1.807) is 12.1 Å². The van der Waals surface area contributed by atoms with Gasteiger partial charge in [0.2, 0.25) is 0 Å². The summed E-state index contributed by atoms with van der Waals surface area (Å²) in [5.41, 5.74) is 0.760. The molecule has 1 fully saturated rings. The van der Waals surface area contributed by atoms with Crippen molar-refractivity contribution in [3.05, 3.63) is 35.6 Å². The van der Waals surface area contributed by atoms with Crippen molar-refractivity contribution >= 4 is 0 Å². The summed E-state index contributed by atoms with van der Waals surface area (Å²) >= 11 is 0. The highest BCUT2D eigenvalue weighted by atomic mass is 19.1. The molecule has 1 atom stereocenters. The minimum atomic E-state index is -0.170. The Labute approximate surface area is 95.5 Å². The monoisotopic (exact) mass is 223 g/mol. The molecule has 88 valence electrons. The molecule has 0 spiro atoms. The van der Waals surface area contributed by atoms with Crippen molar-refractivity contribution in [3.63, 3.8) is 0 Å². The second-order valence-electron chi connectivity index (χ2n) is 4.78. The van der Waals surface area contributed by atoms with E-state index in [1.165, 1.54) is 6.07 Å². The maximum absolute atomic E-state index is 13.5. The largest absolute Gasteiger partial charge is 0.396 e. The fourth-order valence-corrected chi connectivity index (χ4v) is 1.87. The molecule has 0 radical (unpaired) electrons. The predicted molar refractivity (Wildman–Crippen MR) is 61.6 cm³/mol. The highest BCUT2D eigenvalue weighted by Gasteiger charge is 2.41. The zero-order valence-corrected chi connectivity index (χ0v) is 9.54. The average Bonchev–Trinajstić information content (AvgIpc) is 3.07. The Morgan fingerprint density at radius 1 is 1.44 bits per heavy atom. The average molecular weight is 223 g/mol. The molecular weight excluding hydrogens is 205 g/mol. The van der Waals surface area contributed by atoms with Gasteiger partial charge in [-0.15, -0.1) is 0 Å². The summed E-state index contributed by atoms with van der Waals surface area (Å²) in [6.45, 7) is 2.94. The van der Waals surface area contributed by atoms with Gasteiger partial charge < -0.3 is 10.4 Å². The summed E-state index contributed by atoms with van der Waals surface area (Å²) in [4.78, 5) is 0. The number of halogens is 1. The van der Waals surface area contributed by atoms with Gasteiger partial charge in [-0.25, -0.2) is 4.39 Å². The number of aliphatic hydroxyl groups excluding tert-OH is 1. The molecule has 3 heteroatoms. The van der Waals surface area contributed by atoms with Crippen LogP contribution in [0.25, 0.3) is 0 Å². The standard InChI is InChI=1S/C13H18FNO/c1-10(11-4-2-3-5-12(11)14)15-8-13(9-16)6-7-13/h2-5,10,15-16H,6-9H2,1H3. The van der Waals surface area contributed by atoms with E-state index in [0.717, 1.165) is 19.4 Å². The van der Waals surface area contributed by atoms with Crippen molar-refractivity contribution < 1.29 is 9.50 Å². The Morgan fingerprint density at radius 2 is 2.12 bits per heavy atom. The van der Waals surface area contributed by atoms with Crippen molar-refractivity contribution in [2.24, 2.45) is 5.41 Å². The lowest BCUT2D eigenvalue weighted by Crippen LogP contribution is -2.29. The van der Waals surface area contributed by atoms with Gasteiger partial charge in [0.1, 0.15) is 5.82 Å². The van der Waals surface area contributed by atoms with Crippen LogP contribution in [0.4, 0.5) is 4.39 Å². The van der Waals surface area contributed by atoms with Crippen LogP contribution in [-0.2, 0) is 0 Å². The molecule has 0 saturated heterocycles. The Hall–Kier alpha value is -0.930. The number of benzene rings is 1. The third-order valence-corrected chi connectivity index (χ3v) is 3.45. The molecule has 0 aromatic heterocycles. The lowest BCUT2D eigenvalue weighted by atomic mass is 10.1. The number of hydrogen-bond acceptors (Lipinski definition) is 2. The normalized spacial score (nSPS) is 19.4. The van der Waals surface area contributed by atoms with Crippen LogP contribution in [0, 0.1) is 11.2 Å². The van der Waals surface area contributed by atoms with Gasteiger partial charge in [0.15, 0.2) is 0 Å². The van der Waals surface area contributed by atoms with E-state index in [2.05, 4.69) is 5.32 Å². The van der Waals surface area contributed by atoms with Gasteiger partial charge in [0.05, 0.1) is 0 Å². The molecule has 0 heterocycles. The summed E-state index contributed by atoms with van der Waals surface area (Å²) < 4.78 is 13.5. The van der Waals surface area contributed by atoms with Gasteiger partial charge in [-0.05, 0) is 25.8 Å². The van der Waals surface area contributed by atoms with Crippen LogP contribution < -0.4 is 5.32 Å². The minimum absolute atomic E-state index is 0.00905. The second-order valence-corrected chi connectivity index (χ2v) is 4.78. The lowest BCUT2D eigenvalue weighted by molar-refractivity contribution is 0.204. The van der Waals surface area contributed by atoms with E-state index in [0.29, 0.717) is 5.56 Å². The van der Waals surface area contributed by atoms with Crippen LogP contribution in [0.2, 0.25) is 0 Å². The van der Waals surface area contributed by atoms with Crippen LogP contribution in [-0.4, -0.2) is 18.3 Å². The van der Waals surface area contributed by atoms with E-state index >= 15 is 0 Å². The van der Waals surface area contributed by atoms with Crippen molar-refractivity contribution in [3.8, 4) is 0 Å². The first-order valence-electron chi connectivity index (χ1n) is 5.76. The molecule has 0 amide bonds. The fourth-order valence-electron chi connectivity index (χ4n) is 1.87. The highest BCUT2D eigenvalue weighted by molar-refractivity contribution is 5.20. The van der Waals surface area contributed by atoms with Gasteiger partial charge >= 0.3 is 0 Å². The molecule has 1 aromatic rings. The molecular formula is C13H18FNO. The van der Waals surface area contributed by atoms with E-state index in [4.69, 9.17) is 0 Å². The molecule has 1 saturated carbocycles. The molecule has 1 unspecified atom stereocenters. The molecule has 1 aromatic carbocycles. The summed E-state index contributed by atoms with van der Waals surface area (Å²) in [7, 11) is 0. The summed E-state index contributed by atoms with van der Waals surface area (Å²) in [6, 6.07) is 6.81. The Morgan fingerprint density at radius 3 is 2.69 bits per heavy atom. The van der Waals surface area contributed by atoms with Gasteiger partial charge in [0.25, 0.3) is 0 Å². The first kappa shape index (κ1) is 11.6. The Balaban J connectivity index is 1.93. The molecule has 0 aliphatic heterocycles.